The van der Waals surface area contributed by atoms with Crippen molar-refractivity contribution in [2.75, 3.05) is 11.9 Å². The van der Waals surface area contributed by atoms with Crippen molar-refractivity contribution in [1.29, 1.82) is 0 Å². The van der Waals surface area contributed by atoms with Gasteiger partial charge in [0.1, 0.15) is 17.8 Å². The Bertz CT molecular complexity index is 645. The van der Waals surface area contributed by atoms with Crippen LogP contribution in [-0.4, -0.2) is 28.5 Å². The van der Waals surface area contributed by atoms with E-state index in [-0.39, 0.29) is 11.9 Å². The number of amides is 1. The van der Waals surface area contributed by atoms with Crippen molar-refractivity contribution in [3.8, 4) is 0 Å². The molecule has 0 aliphatic rings. The predicted molar refractivity (Wildman–Crippen MR) is 92.9 cm³/mol. The molecule has 0 spiro atoms. The molecule has 2 rings (SSSR count). The van der Waals surface area contributed by atoms with Gasteiger partial charge in [-0.1, -0.05) is 30.7 Å². The average molecular weight is 333 g/mol. The van der Waals surface area contributed by atoms with Gasteiger partial charge in [-0.3, -0.25) is 4.79 Å². The summed E-state index contributed by atoms with van der Waals surface area (Å²) >= 11 is 5.86. The van der Waals surface area contributed by atoms with Gasteiger partial charge in [0.25, 0.3) is 5.91 Å². The van der Waals surface area contributed by atoms with Crippen molar-refractivity contribution in [1.82, 2.24) is 15.3 Å². The second-order valence-electron chi connectivity index (χ2n) is 5.37. The number of hydrogen-bond donors (Lipinski definition) is 2. The van der Waals surface area contributed by atoms with E-state index in [0.29, 0.717) is 18.1 Å². The zero-order valence-corrected chi connectivity index (χ0v) is 14.1. The molecule has 122 valence electrons. The van der Waals surface area contributed by atoms with Crippen molar-refractivity contribution >= 4 is 23.3 Å². The van der Waals surface area contributed by atoms with Crippen molar-refractivity contribution in [3.05, 3.63) is 52.9 Å². The number of rotatable bonds is 7. The van der Waals surface area contributed by atoms with Crippen molar-refractivity contribution < 1.29 is 4.79 Å². The Balaban J connectivity index is 1.89. The van der Waals surface area contributed by atoms with E-state index < -0.39 is 0 Å². The average Bonchev–Trinajstić information content (AvgIpc) is 2.57. The molecule has 1 unspecified atom stereocenters. The minimum Gasteiger partial charge on any atom is -0.370 e. The number of aromatic nitrogens is 2. The summed E-state index contributed by atoms with van der Waals surface area (Å²) in [4.78, 5) is 20.2. The topological polar surface area (TPSA) is 66.9 Å². The van der Waals surface area contributed by atoms with Crippen LogP contribution in [0.25, 0.3) is 0 Å². The van der Waals surface area contributed by atoms with Gasteiger partial charge in [0.05, 0.1) is 0 Å². The summed E-state index contributed by atoms with van der Waals surface area (Å²) in [7, 11) is 0. The molecule has 2 N–H and O–H groups in total. The second kappa shape index (κ2) is 8.48. The van der Waals surface area contributed by atoms with Gasteiger partial charge in [-0.2, -0.15) is 0 Å². The van der Waals surface area contributed by atoms with Gasteiger partial charge in [-0.15, -0.1) is 0 Å². The number of halogens is 1. The van der Waals surface area contributed by atoms with Crippen molar-refractivity contribution in [3.63, 3.8) is 0 Å². The Hall–Kier alpha value is -2.14. The molecular weight excluding hydrogens is 312 g/mol. The van der Waals surface area contributed by atoms with Gasteiger partial charge < -0.3 is 10.6 Å². The highest BCUT2D eigenvalue weighted by molar-refractivity contribution is 6.30. The highest BCUT2D eigenvalue weighted by atomic mass is 35.5. The molecule has 0 aliphatic carbocycles. The monoisotopic (exact) mass is 332 g/mol. The third-order valence-electron chi connectivity index (χ3n) is 3.52. The predicted octanol–water partition coefficient (Wildman–Crippen LogP) is 3.31. The molecule has 0 aliphatic heterocycles. The van der Waals surface area contributed by atoms with Gasteiger partial charge in [0.2, 0.25) is 0 Å². The summed E-state index contributed by atoms with van der Waals surface area (Å²) in [5.41, 5.74) is 1.56. The third-order valence-corrected chi connectivity index (χ3v) is 3.77. The highest BCUT2D eigenvalue weighted by Crippen LogP contribution is 2.10. The molecule has 1 amide bonds. The lowest BCUT2D eigenvalue weighted by atomic mass is 10.1. The molecule has 6 heteroatoms. The second-order valence-corrected chi connectivity index (χ2v) is 5.81. The van der Waals surface area contributed by atoms with Crippen LogP contribution in [0.3, 0.4) is 0 Å². The van der Waals surface area contributed by atoms with E-state index in [1.54, 1.807) is 6.07 Å². The fourth-order valence-electron chi connectivity index (χ4n) is 1.96. The number of nitrogens with zero attached hydrogens (tertiary/aromatic N) is 2. The van der Waals surface area contributed by atoms with Crippen LogP contribution in [0.4, 0.5) is 5.82 Å². The summed E-state index contributed by atoms with van der Waals surface area (Å²) in [5, 5.41) is 6.83. The Morgan fingerprint density at radius 2 is 2.00 bits per heavy atom. The molecule has 1 aromatic heterocycles. The minimum atomic E-state index is -0.178. The van der Waals surface area contributed by atoms with E-state index in [1.807, 2.05) is 38.1 Å². The molecule has 5 nitrogen and oxygen atoms in total. The largest absolute Gasteiger partial charge is 0.370 e. The number of carbonyl (C=O) groups is 1. The van der Waals surface area contributed by atoms with E-state index >= 15 is 0 Å². The first-order valence-corrected chi connectivity index (χ1v) is 8.07. The lowest BCUT2D eigenvalue weighted by Crippen LogP contribution is -2.32. The molecule has 0 saturated carbocycles. The first-order valence-electron chi connectivity index (χ1n) is 7.69. The van der Waals surface area contributed by atoms with Crippen molar-refractivity contribution in [2.24, 2.45) is 0 Å². The van der Waals surface area contributed by atoms with Gasteiger partial charge in [0, 0.05) is 23.7 Å². The van der Waals surface area contributed by atoms with E-state index in [1.165, 1.54) is 11.9 Å². The summed E-state index contributed by atoms with van der Waals surface area (Å²) < 4.78 is 0. The number of nitrogens with one attached hydrogen (secondary N) is 2. The van der Waals surface area contributed by atoms with Gasteiger partial charge in [-0.05, 0) is 37.5 Å². The zero-order valence-electron chi connectivity index (χ0n) is 13.3. The smallest absolute Gasteiger partial charge is 0.270 e. The van der Waals surface area contributed by atoms with E-state index in [4.69, 9.17) is 11.6 Å². The summed E-state index contributed by atoms with van der Waals surface area (Å²) in [5.74, 6) is 0.464. The minimum absolute atomic E-state index is 0.124. The Morgan fingerprint density at radius 3 is 2.70 bits per heavy atom. The Kier molecular flexibility index (Phi) is 6.35. The maximum absolute atomic E-state index is 12.1. The number of carbonyl (C=O) groups excluding carboxylic acids is 1. The lowest BCUT2D eigenvalue weighted by Gasteiger charge is -2.11. The quantitative estimate of drug-likeness (QED) is 0.816. The standard InChI is InChI=1S/C17H21ClN4O/c1-3-12(2)22-17(23)15-10-16(21-11-20-15)19-9-8-13-4-6-14(18)7-5-13/h4-7,10-12H,3,8-9H2,1-2H3,(H,22,23)(H,19,20,21). The zero-order chi connectivity index (χ0) is 16.7. The molecule has 2 aromatic rings. The lowest BCUT2D eigenvalue weighted by molar-refractivity contribution is 0.0934. The third kappa shape index (κ3) is 5.53. The molecule has 1 heterocycles. The summed E-state index contributed by atoms with van der Waals surface area (Å²) in [6.07, 6.45) is 3.12. The molecule has 0 fully saturated rings. The Labute approximate surface area is 141 Å². The number of hydrogen-bond acceptors (Lipinski definition) is 4. The molecular formula is C17H21ClN4O. The van der Waals surface area contributed by atoms with Crippen LogP contribution in [0.1, 0.15) is 36.3 Å². The van der Waals surface area contributed by atoms with Crippen LogP contribution in [0.5, 0.6) is 0 Å². The number of benzene rings is 1. The van der Waals surface area contributed by atoms with Gasteiger partial charge in [0.15, 0.2) is 0 Å². The normalized spacial score (nSPS) is 11.8. The van der Waals surface area contributed by atoms with Crippen LogP contribution in [-0.2, 0) is 6.42 Å². The molecule has 1 atom stereocenters. The van der Waals surface area contributed by atoms with Crippen LogP contribution < -0.4 is 10.6 Å². The summed E-state index contributed by atoms with van der Waals surface area (Å²) in [6.45, 7) is 4.70. The fourth-order valence-corrected chi connectivity index (χ4v) is 2.09. The van der Waals surface area contributed by atoms with Gasteiger partial charge in [-0.25, -0.2) is 9.97 Å². The highest BCUT2D eigenvalue weighted by Gasteiger charge is 2.10. The SMILES string of the molecule is CCC(C)NC(=O)c1cc(NCCc2ccc(Cl)cc2)ncn1. The maximum atomic E-state index is 12.1. The van der Waals surface area contributed by atoms with E-state index in [9.17, 15) is 4.79 Å². The summed E-state index contributed by atoms with van der Waals surface area (Å²) in [6, 6.07) is 9.53. The Morgan fingerprint density at radius 1 is 1.26 bits per heavy atom. The molecule has 1 aromatic carbocycles. The van der Waals surface area contributed by atoms with Crippen molar-refractivity contribution in [2.45, 2.75) is 32.7 Å². The van der Waals surface area contributed by atoms with Gasteiger partial charge >= 0.3 is 0 Å². The number of anilines is 1. The van der Waals surface area contributed by atoms with Crippen LogP contribution in [0.2, 0.25) is 5.02 Å². The molecule has 0 saturated heterocycles. The molecule has 0 radical (unpaired) electrons. The van der Waals surface area contributed by atoms with E-state index in [0.717, 1.165) is 17.9 Å². The van der Waals surface area contributed by atoms with E-state index in [2.05, 4.69) is 20.6 Å². The van der Waals surface area contributed by atoms with Crippen LogP contribution in [0.15, 0.2) is 36.7 Å². The first-order chi connectivity index (χ1) is 11.1. The maximum Gasteiger partial charge on any atom is 0.270 e. The van der Waals surface area contributed by atoms with Crippen LogP contribution >= 0.6 is 11.6 Å². The fraction of sp³-hybridized carbons (Fsp3) is 0.353. The molecule has 0 bridgehead atoms. The first kappa shape index (κ1) is 17.2. The van der Waals surface area contributed by atoms with Crippen LogP contribution in [0, 0.1) is 0 Å². The molecule has 23 heavy (non-hydrogen) atoms.